The summed E-state index contributed by atoms with van der Waals surface area (Å²) in [7, 11) is 0. The monoisotopic (exact) mass is 350 g/mol. The number of benzene rings is 1. The van der Waals surface area contributed by atoms with Gasteiger partial charge in [-0.15, -0.1) is 0 Å². The third-order valence-electron chi connectivity index (χ3n) is 2.97. The Bertz CT molecular complexity index is 670. The summed E-state index contributed by atoms with van der Waals surface area (Å²) in [6.45, 7) is 4.07. The van der Waals surface area contributed by atoms with Gasteiger partial charge in [0.1, 0.15) is 16.7 Å². The van der Waals surface area contributed by atoms with Crippen LogP contribution >= 0.6 is 24.0 Å². The van der Waals surface area contributed by atoms with Crippen LogP contribution in [0.15, 0.2) is 29.2 Å². The molecule has 1 fully saturated rings. The van der Waals surface area contributed by atoms with Crippen molar-refractivity contribution in [3.63, 3.8) is 0 Å². The van der Waals surface area contributed by atoms with E-state index < -0.39 is 12.6 Å². The Kier molecular flexibility index (Phi) is 5.79. The fourth-order valence-electron chi connectivity index (χ4n) is 2.03. The molecule has 1 aliphatic rings. The van der Waals surface area contributed by atoms with Crippen LogP contribution in [0.2, 0.25) is 0 Å². The number of aliphatic carboxylic acids is 1. The maximum atomic E-state index is 12.4. The largest absolute Gasteiger partial charge is 0.546 e. The first kappa shape index (κ1) is 17.5. The predicted molar refractivity (Wildman–Crippen MR) is 91.7 cm³/mol. The number of carboxylic acid groups (broad SMARTS) is 1. The van der Waals surface area contributed by atoms with Crippen molar-refractivity contribution in [2.75, 3.05) is 13.2 Å². The van der Waals surface area contributed by atoms with Crippen molar-refractivity contribution >= 4 is 46.3 Å². The highest BCUT2D eigenvalue weighted by Gasteiger charge is 2.32. The van der Waals surface area contributed by atoms with Gasteiger partial charge >= 0.3 is 0 Å². The van der Waals surface area contributed by atoms with Crippen molar-refractivity contribution in [3.05, 3.63) is 34.7 Å². The summed E-state index contributed by atoms with van der Waals surface area (Å²) in [5.41, 5.74) is 0.624. The van der Waals surface area contributed by atoms with Crippen LogP contribution in [0, 0.1) is 5.92 Å². The number of hydrogen-bond acceptors (Lipinski definition) is 6. The van der Waals surface area contributed by atoms with E-state index in [1.54, 1.807) is 35.2 Å². The van der Waals surface area contributed by atoms with Crippen LogP contribution in [0.5, 0.6) is 5.75 Å². The van der Waals surface area contributed by atoms with Gasteiger partial charge in [0.15, 0.2) is 0 Å². The number of para-hydroxylation sites is 1. The summed E-state index contributed by atoms with van der Waals surface area (Å²) in [6.07, 6.45) is 1.67. The number of rotatable bonds is 6. The van der Waals surface area contributed by atoms with Crippen LogP contribution < -0.4 is 9.84 Å². The molecular weight excluding hydrogens is 334 g/mol. The molecule has 0 atom stereocenters. The van der Waals surface area contributed by atoms with Crippen molar-refractivity contribution in [1.29, 1.82) is 0 Å². The van der Waals surface area contributed by atoms with Crippen molar-refractivity contribution in [2.45, 2.75) is 13.8 Å². The van der Waals surface area contributed by atoms with E-state index >= 15 is 0 Å². The Morgan fingerprint density at radius 1 is 1.43 bits per heavy atom. The zero-order chi connectivity index (χ0) is 17.0. The molecule has 0 saturated carbocycles. The van der Waals surface area contributed by atoms with E-state index in [-0.39, 0.29) is 5.91 Å². The van der Waals surface area contributed by atoms with Crippen LogP contribution in [0.3, 0.4) is 0 Å². The molecule has 0 unspecified atom stereocenters. The molecule has 0 bridgehead atoms. The number of carboxylic acids is 1. The van der Waals surface area contributed by atoms with Gasteiger partial charge in [0.25, 0.3) is 5.91 Å². The Morgan fingerprint density at radius 2 is 2.13 bits per heavy atom. The maximum Gasteiger partial charge on any atom is 0.266 e. The number of amides is 1. The summed E-state index contributed by atoms with van der Waals surface area (Å²) in [4.78, 5) is 25.1. The van der Waals surface area contributed by atoms with E-state index in [0.717, 1.165) is 0 Å². The van der Waals surface area contributed by atoms with Gasteiger partial charge in [0.05, 0.1) is 10.9 Å². The Morgan fingerprint density at radius 3 is 2.78 bits per heavy atom. The van der Waals surface area contributed by atoms with Gasteiger partial charge in [0, 0.05) is 12.1 Å². The van der Waals surface area contributed by atoms with Gasteiger partial charge < -0.3 is 14.6 Å². The molecule has 7 heteroatoms. The number of carbonyl (C=O) groups excluding carboxylic acids is 2. The molecule has 0 spiro atoms. The summed E-state index contributed by atoms with van der Waals surface area (Å²) >= 11 is 6.49. The highest BCUT2D eigenvalue weighted by atomic mass is 32.2. The van der Waals surface area contributed by atoms with E-state index in [9.17, 15) is 14.7 Å². The molecule has 0 aromatic heterocycles. The SMILES string of the molecule is CC(C)CN1C(=O)/C(=C/c2ccccc2OCC(=O)[O-])SC1=S. The van der Waals surface area contributed by atoms with E-state index in [0.29, 0.717) is 33.0 Å². The summed E-state index contributed by atoms with van der Waals surface area (Å²) in [5, 5.41) is 10.5. The number of thioether (sulfide) groups is 1. The number of ether oxygens (including phenoxy) is 1. The highest BCUT2D eigenvalue weighted by molar-refractivity contribution is 8.26. The molecule has 23 heavy (non-hydrogen) atoms. The highest BCUT2D eigenvalue weighted by Crippen LogP contribution is 2.34. The molecular formula is C16H16NO4S2-. The van der Waals surface area contributed by atoms with E-state index in [2.05, 4.69) is 0 Å². The lowest BCUT2D eigenvalue weighted by Crippen LogP contribution is -2.31. The normalized spacial score (nSPS) is 16.5. The Balaban J connectivity index is 2.24. The smallest absolute Gasteiger partial charge is 0.266 e. The second-order valence-electron chi connectivity index (χ2n) is 5.38. The van der Waals surface area contributed by atoms with Crippen LogP contribution in [-0.2, 0) is 9.59 Å². The molecule has 2 rings (SSSR count). The van der Waals surface area contributed by atoms with Crippen molar-refractivity contribution in [1.82, 2.24) is 4.90 Å². The van der Waals surface area contributed by atoms with Crippen LogP contribution in [-0.4, -0.2) is 34.2 Å². The molecule has 1 aromatic carbocycles. The van der Waals surface area contributed by atoms with Gasteiger partial charge in [-0.1, -0.05) is 56.0 Å². The second kappa shape index (κ2) is 7.61. The van der Waals surface area contributed by atoms with Crippen LogP contribution in [0.4, 0.5) is 0 Å². The molecule has 1 aromatic rings. The topological polar surface area (TPSA) is 69.7 Å². The molecule has 5 nitrogen and oxygen atoms in total. The van der Waals surface area contributed by atoms with Gasteiger partial charge in [-0.3, -0.25) is 9.69 Å². The molecule has 1 heterocycles. The first-order chi connectivity index (χ1) is 10.9. The van der Waals surface area contributed by atoms with Gasteiger partial charge in [-0.2, -0.15) is 0 Å². The molecule has 1 aliphatic heterocycles. The quantitative estimate of drug-likeness (QED) is 0.574. The fraction of sp³-hybridized carbons (Fsp3) is 0.312. The van der Waals surface area contributed by atoms with Crippen molar-refractivity contribution in [2.24, 2.45) is 5.92 Å². The minimum absolute atomic E-state index is 0.136. The van der Waals surface area contributed by atoms with Gasteiger partial charge in [0.2, 0.25) is 0 Å². The number of carbonyl (C=O) groups is 2. The van der Waals surface area contributed by atoms with Crippen LogP contribution in [0.25, 0.3) is 6.08 Å². The zero-order valence-electron chi connectivity index (χ0n) is 12.8. The van der Waals surface area contributed by atoms with E-state index in [4.69, 9.17) is 17.0 Å². The van der Waals surface area contributed by atoms with Crippen molar-refractivity contribution < 1.29 is 19.4 Å². The summed E-state index contributed by atoms with van der Waals surface area (Å²) in [5.74, 6) is -0.743. The Labute approximate surface area is 144 Å². The predicted octanol–water partition coefficient (Wildman–Crippen LogP) is 1.67. The summed E-state index contributed by atoms with van der Waals surface area (Å²) < 4.78 is 5.72. The third kappa shape index (κ3) is 4.56. The Hall–Kier alpha value is -1.86. The average molecular weight is 350 g/mol. The molecule has 0 N–H and O–H groups in total. The summed E-state index contributed by atoms with van der Waals surface area (Å²) in [6, 6.07) is 6.90. The van der Waals surface area contributed by atoms with Crippen molar-refractivity contribution in [3.8, 4) is 5.75 Å². The lowest BCUT2D eigenvalue weighted by atomic mass is 10.1. The first-order valence-electron chi connectivity index (χ1n) is 7.05. The van der Waals surface area contributed by atoms with Gasteiger partial charge in [-0.05, 0) is 18.1 Å². The molecule has 1 amide bonds. The minimum atomic E-state index is -1.30. The second-order valence-corrected chi connectivity index (χ2v) is 7.06. The lowest BCUT2D eigenvalue weighted by molar-refractivity contribution is -0.307. The lowest BCUT2D eigenvalue weighted by Gasteiger charge is -2.16. The molecule has 0 radical (unpaired) electrons. The third-order valence-corrected chi connectivity index (χ3v) is 4.35. The minimum Gasteiger partial charge on any atom is -0.546 e. The maximum absolute atomic E-state index is 12.4. The molecule has 1 saturated heterocycles. The average Bonchev–Trinajstić information content (AvgIpc) is 2.73. The zero-order valence-corrected chi connectivity index (χ0v) is 14.4. The number of hydrogen-bond donors (Lipinski definition) is 0. The fourth-order valence-corrected chi connectivity index (χ4v) is 3.30. The van der Waals surface area contributed by atoms with Crippen LogP contribution in [0.1, 0.15) is 19.4 Å². The number of nitrogens with zero attached hydrogens (tertiary/aromatic N) is 1. The standard InChI is InChI=1S/C16H17NO4S2/c1-10(2)8-17-15(20)13(23-16(17)22)7-11-5-3-4-6-12(11)21-9-14(18)19/h3-7,10H,8-9H2,1-2H3,(H,18,19)/p-1/b13-7-. The van der Waals surface area contributed by atoms with Gasteiger partial charge in [-0.25, -0.2) is 0 Å². The number of thiocarbonyl (C=S) groups is 1. The van der Waals surface area contributed by atoms with E-state index in [1.807, 2.05) is 13.8 Å². The molecule has 0 aliphatic carbocycles. The first-order valence-corrected chi connectivity index (χ1v) is 8.28. The molecule has 122 valence electrons. The van der Waals surface area contributed by atoms with E-state index in [1.165, 1.54) is 11.8 Å².